The van der Waals surface area contributed by atoms with Gasteiger partial charge in [-0.2, -0.15) is 0 Å². The minimum Gasteiger partial charge on any atom is -0.497 e. The number of benzene rings is 2. The summed E-state index contributed by atoms with van der Waals surface area (Å²) in [6.45, 7) is 0.785. The Bertz CT molecular complexity index is 857. The molecule has 0 saturated heterocycles. The summed E-state index contributed by atoms with van der Waals surface area (Å²) < 4.78 is 7.21. The molecular formula is C20H22N2O3. The lowest BCUT2D eigenvalue weighted by atomic mass is 10.1. The number of aromatic nitrogens is 1. The van der Waals surface area contributed by atoms with E-state index in [1.165, 1.54) is 0 Å². The molecule has 0 spiro atoms. The number of para-hydroxylation sites is 1. The van der Waals surface area contributed by atoms with Gasteiger partial charge in [0.1, 0.15) is 5.75 Å². The number of aryl methyl sites for hydroxylation is 1. The Balaban J connectivity index is 1.51. The molecule has 0 radical (unpaired) electrons. The second kappa shape index (κ2) is 7.85. The molecule has 2 N–H and O–H groups in total. The third-order valence-corrected chi connectivity index (χ3v) is 4.23. The Morgan fingerprint density at radius 3 is 2.88 bits per heavy atom. The minimum absolute atomic E-state index is 0.0836. The van der Waals surface area contributed by atoms with Gasteiger partial charge >= 0.3 is 0 Å². The Morgan fingerprint density at radius 1 is 1.20 bits per heavy atom. The van der Waals surface area contributed by atoms with Crippen molar-refractivity contribution in [2.24, 2.45) is 0 Å². The summed E-state index contributed by atoms with van der Waals surface area (Å²) in [5.74, 6) is 0.599. The molecule has 1 amide bonds. The van der Waals surface area contributed by atoms with Crippen molar-refractivity contribution in [2.75, 3.05) is 13.7 Å². The summed E-state index contributed by atoms with van der Waals surface area (Å²) >= 11 is 0. The van der Waals surface area contributed by atoms with Crippen molar-refractivity contribution in [1.82, 2.24) is 9.88 Å². The zero-order chi connectivity index (χ0) is 17.6. The van der Waals surface area contributed by atoms with E-state index in [1.54, 1.807) is 13.2 Å². The number of carbonyl (C=O) groups is 1. The number of nitrogens with zero attached hydrogens (tertiary/aromatic N) is 1. The van der Waals surface area contributed by atoms with Crippen LogP contribution in [0.5, 0.6) is 5.75 Å². The van der Waals surface area contributed by atoms with Gasteiger partial charge in [-0.3, -0.25) is 4.79 Å². The van der Waals surface area contributed by atoms with Gasteiger partial charge in [0.2, 0.25) is 5.91 Å². The maximum Gasteiger partial charge on any atom is 0.221 e. The average molecular weight is 338 g/mol. The van der Waals surface area contributed by atoms with E-state index in [0.29, 0.717) is 18.7 Å². The van der Waals surface area contributed by atoms with Crippen molar-refractivity contribution in [2.45, 2.75) is 19.1 Å². The summed E-state index contributed by atoms with van der Waals surface area (Å²) in [4.78, 5) is 12.1. The minimum atomic E-state index is -0.758. The van der Waals surface area contributed by atoms with Gasteiger partial charge in [0.05, 0.1) is 13.2 Å². The quantitative estimate of drug-likeness (QED) is 0.696. The Labute approximate surface area is 146 Å². The van der Waals surface area contributed by atoms with Crippen molar-refractivity contribution in [1.29, 1.82) is 0 Å². The van der Waals surface area contributed by atoms with Crippen molar-refractivity contribution in [3.8, 4) is 5.75 Å². The SMILES string of the molecule is COc1cccc(C(O)CNC(=O)CCn2ccc3ccccc32)c1. The third-order valence-electron chi connectivity index (χ3n) is 4.23. The zero-order valence-electron chi connectivity index (χ0n) is 14.2. The molecule has 25 heavy (non-hydrogen) atoms. The molecule has 0 bridgehead atoms. The van der Waals surface area contributed by atoms with Crippen LogP contribution in [0.15, 0.2) is 60.8 Å². The maximum atomic E-state index is 12.1. The van der Waals surface area contributed by atoms with Gasteiger partial charge in [-0.15, -0.1) is 0 Å². The van der Waals surface area contributed by atoms with Crippen molar-refractivity contribution in [3.05, 3.63) is 66.4 Å². The van der Waals surface area contributed by atoms with Gasteiger partial charge in [0.25, 0.3) is 0 Å². The van der Waals surface area contributed by atoms with E-state index in [1.807, 2.05) is 48.7 Å². The first-order valence-electron chi connectivity index (χ1n) is 8.30. The van der Waals surface area contributed by atoms with Gasteiger partial charge in [-0.25, -0.2) is 0 Å². The highest BCUT2D eigenvalue weighted by molar-refractivity contribution is 5.80. The summed E-state index contributed by atoms with van der Waals surface area (Å²) in [5, 5.41) is 14.2. The number of fused-ring (bicyclic) bond motifs is 1. The summed E-state index contributed by atoms with van der Waals surface area (Å²) in [5.41, 5.74) is 1.84. The fourth-order valence-electron chi connectivity index (χ4n) is 2.82. The number of hydrogen-bond donors (Lipinski definition) is 2. The van der Waals surface area contributed by atoms with Gasteiger partial charge in [-0.05, 0) is 35.2 Å². The first-order valence-corrected chi connectivity index (χ1v) is 8.30. The van der Waals surface area contributed by atoms with E-state index in [9.17, 15) is 9.90 Å². The molecule has 5 nitrogen and oxygen atoms in total. The predicted octanol–water partition coefficient (Wildman–Crippen LogP) is 2.89. The number of aliphatic hydroxyl groups is 1. The van der Waals surface area contributed by atoms with E-state index < -0.39 is 6.10 Å². The van der Waals surface area contributed by atoms with Crippen molar-refractivity contribution >= 4 is 16.8 Å². The van der Waals surface area contributed by atoms with Crippen molar-refractivity contribution < 1.29 is 14.6 Å². The standard InChI is InChI=1S/C20H22N2O3/c1-25-17-7-4-6-16(13-17)19(23)14-21-20(24)10-12-22-11-9-15-5-2-3-8-18(15)22/h2-9,11,13,19,23H,10,12,14H2,1H3,(H,21,24). The largest absolute Gasteiger partial charge is 0.497 e. The van der Waals surface area contributed by atoms with Crippen LogP contribution in [0.4, 0.5) is 0 Å². The molecule has 0 saturated carbocycles. The lowest BCUT2D eigenvalue weighted by Crippen LogP contribution is -2.29. The van der Waals surface area contributed by atoms with Gasteiger partial charge < -0.3 is 19.7 Å². The number of ether oxygens (including phenoxy) is 1. The fraction of sp³-hybridized carbons (Fsp3) is 0.250. The Kier molecular flexibility index (Phi) is 5.36. The molecule has 0 aliphatic rings. The lowest BCUT2D eigenvalue weighted by Gasteiger charge is -2.13. The second-order valence-electron chi connectivity index (χ2n) is 5.91. The van der Waals surface area contributed by atoms with Crippen LogP contribution in [0.25, 0.3) is 10.9 Å². The monoisotopic (exact) mass is 338 g/mol. The fourth-order valence-corrected chi connectivity index (χ4v) is 2.82. The highest BCUT2D eigenvalue weighted by Gasteiger charge is 2.11. The normalized spacial score (nSPS) is 12.1. The molecule has 0 aliphatic carbocycles. The van der Waals surface area contributed by atoms with E-state index in [2.05, 4.69) is 16.0 Å². The van der Waals surface area contributed by atoms with Gasteiger partial charge in [0.15, 0.2) is 0 Å². The number of hydrogen-bond acceptors (Lipinski definition) is 3. The Morgan fingerprint density at radius 2 is 2.04 bits per heavy atom. The zero-order valence-corrected chi connectivity index (χ0v) is 14.2. The van der Waals surface area contributed by atoms with Gasteiger partial charge in [0, 0.05) is 31.2 Å². The lowest BCUT2D eigenvalue weighted by molar-refractivity contribution is -0.121. The number of carbonyl (C=O) groups excluding carboxylic acids is 1. The van der Waals surface area contributed by atoms with E-state index in [0.717, 1.165) is 16.5 Å². The number of methoxy groups -OCH3 is 1. The van der Waals surface area contributed by atoms with Crippen LogP contribution in [0.1, 0.15) is 18.1 Å². The van der Waals surface area contributed by atoms with Crippen LogP contribution in [-0.4, -0.2) is 29.2 Å². The highest BCUT2D eigenvalue weighted by Crippen LogP contribution is 2.18. The molecule has 1 aromatic heterocycles. The maximum absolute atomic E-state index is 12.1. The highest BCUT2D eigenvalue weighted by atomic mass is 16.5. The van der Waals surface area contributed by atoms with Crippen LogP contribution in [0.2, 0.25) is 0 Å². The summed E-state index contributed by atoms with van der Waals surface area (Å²) in [6.07, 6.45) is 1.60. The first-order chi connectivity index (χ1) is 12.2. The topological polar surface area (TPSA) is 63.5 Å². The molecule has 0 aliphatic heterocycles. The molecular weight excluding hydrogens is 316 g/mol. The van der Waals surface area contributed by atoms with Crippen LogP contribution in [0.3, 0.4) is 0 Å². The molecule has 0 fully saturated rings. The summed E-state index contributed by atoms with van der Waals surface area (Å²) in [7, 11) is 1.58. The molecule has 130 valence electrons. The predicted molar refractivity (Wildman–Crippen MR) is 97.5 cm³/mol. The first kappa shape index (κ1) is 17.0. The second-order valence-corrected chi connectivity index (χ2v) is 5.91. The number of aliphatic hydroxyl groups excluding tert-OH is 1. The Hall–Kier alpha value is -2.79. The van der Waals surface area contributed by atoms with Gasteiger partial charge in [-0.1, -0.05) is 30.3 Å². The average Bonchev–Trinajstić information content (AvgIpc) is 3.07. The number of rotatable bonds is 7. The molecule has 1 unspecified atom stereocenters. The van der Waals surface area contributed by atoms with E-state index in [4.69, 9.17) is 4.74 Å². The smallest absolute Gasteiger partial charge is 0.221 e. The van der Waals surface area contributed by atoms with Crippen molar-refractivity contribution in [3.63, 3.8) is 0 Å². The molecule has 1 heterocycles. The molecule has 5 heteroatoms. The van der Waals surface area contributed by atoms with Crippen LogP contribution < -0.4 is 10.1 Å². The summed E-state index contributed by atoms with van der Waals surface area (Å²) in [6, 6.07) is 17.3. The third kappa shape index (κ3) is 4.19. The van der Waals surface area contributed by atoms with Crippen LogP contribution in [0, 0.1) is 0 Å². The van der Waals surface area contributed by atoms with E-state index in [-0.39, 0.29) is 12.5 Å². The molecule has 2 aromatic carbocycles. The van der Waals surface area contributed by atoms with Crippen LogP contribution in [-0.2, 0) is 11.3 Å². The molecule has 1 atom stereocenters. The number of nitrogens with one attached hydrogen (secondary N) is 1. The number of amides is 1. The molecule has 3 aromatic rings. The van der Waals surface area contributed by atoms with Crippen LogP contribution >= 0.6 is 0 Å². The van der Waals surface area contributed by atoms with E-state index >= 15 is 0 Å². The molecule has 3 rings (SSSR count).